The summed E-state index contributed by atoms with van der Waals surface area (Å²) in [5, 5.41) is 2.58. The molecule has 7 nitrogen and oxygen atoms in total. The maximum Gasteiger partial charge on any atom is 0.508 e. The second-order valence-corrected chi connectivity index (χ2v) is 2.72. The van der Waals surface area contributed by atoms with Crippen LogP contribution in [0, 0.1) is 0 Å². The zero-order valence-corrected chi connectivity index (χ0v) is 8.48. The molecule has 0 radical (unpaired) electrons. The third kappa shape index (κ3) is 3.12. The third-order valence-corrected chi connectivity index (χ3v) is 1.70. The molecule has 0 atom stereocenters. The van der Waals surface area contributed by atoms with Gasteiger partial charge in [-0.1, -0.05) is 0 Å². The molecule has 1 rings (SSSR count). The standard InChI is InChI=1S/C8H12N2O5/c1-9-6(10-2)7(11)15-5-3-13-8(12)14-4-5/h5H,3-4H2,1-2H3,(H,9,10). The number of ether oxygens (including phenoxy) is 3. The van der Waals surface area contributed by atoms with Gasteiger partial charge in [-0.2, -0.15) is 0 Å². The van der Waals surface area contributed by atoms with Gasteiger partial charge in [0, 0.05) is 14.1 Å². The third-order valence-electron chi connectivity index (χ3n) is 1.70. The number of carbonyl (C=O) groups excluding carboxylic acids is 2. The summed E-state index contributed by atoms with van der Waals surface area (Å²) in [6, 6.07) is 0. The molecular formula is C8H12N2O5. The van der Waals surface area contributed by atoms with E-state index < -0.39 is 18.2 Å². The second kappa shape index (κ2) is 5.18. The van der Waals surface area contributed by atoms with Crippen molar-refractivity contribution < 1.29 is 23.8 Å². The summed E-state index contributed by atoms with van der Waals surface area (Å²) in [5.74, 6) is -0.501. The summed E-state index contributed by atoms with van der Waals surface area (Å²) >= 11 is 0. The van der Waals surface area contributed by atoms with Gasteiger partial charge in [0.25, 0.3) is 0 Å². The number of amidine groups is 1. The van der Waals surface area contributed by atoms with Crippen LogP contribution in [0.15, 0.2) is 4.99 Å². The van der Waals surface area contributed by atoms with Crippen molar-refractivity contribution in [3.63, 3.8) is 0 Å². The van der Waals surface area contributed by atoms with Crippen LogP contribution in [0.4, 0.5) is 4.79 Å². The molecule has 1 aliphatic rings. The van der Waals surface area contributed by atoms with Crippen molar-refractivity contribution in [3.05, 3.63) is 0 Å². The minimum absolute atomic E-state index is 0.00524. The van der Waals surface area contributed by atoms with E-state index in [1.165, 1.54) is 7.05 Å². The van der Waals surface area contributed by atoms with Crippen LogP contribution in [0.1, 0.15) is 0 Å². The van der Waals surface area contributed by atoms with Crippen molar-refractivity contribution in [1.29, 1.82) is 0 Å². The zero-order valence-electron chi connectivity index (χ0n) is 8.48. The molecule has 1 N–H and O–H groups in total. The lowest BCUT2D eigenvalue weighted by molar-refractivity contribution is -0.150. The van der Waals surface area contributed by atoms with Crippen molar-refractivity contribution >= 4 is 18.0 Å². The van der Waals surface area contributed by atoms with E-state index >= 15 is 0 Å². The topological polar surface area (TPSA) is 86.2 Å². The predicted octanol–water partition coefficient (Wildman–Crippen LogP) is -0.687. The van der Waals surface area contributed by atoms with E-state index in [1.807, 2.05) is 0 Å². The van der Waals surface area contributed by atoms with Gasteiger partial charge in [0.2, 0.25) is 5.84 Å². The second-order valence-electron chi connectivity index (χ2n) is 2.72. The number of nitrogens with zero attached hydrogens (tertiary/aromatic N) is 1. The number of hydrogen-bond donors (Lipinski definition) is 1. The predicted molar refractivity (Wildman–Crippen MR) is 49.6 cm³/mol. The molecular weight excluding hydrogens is 204 g/mol. The van der Waals surface area contributed by atoms with E-state index in [-0.39, 0.29) is 19.0 Å². The Balaban J connectivity index is 2.41. The number of nitrogens with one attached hydrogen (secondary N) is 1. The van der Waals surface area contributed by atoms with Crippen LogP contribution in [0.25, 0.3) is 0 Å². The molecule has 0 spiro atoms. The monoisotopic (exact) mass is 216 g/mol. The largest absolute Gasteiger partial charge is 0.508 e. The molecule has 84 valence electrons. The Kier molecular flexibility index (Phi) is 3.90. The molecule has 0 amide bonds. The van der Waals surface area contributed by atoms with Crippen LogP contribution in [0.5, 0.6) is 0 Å². The van der Waals surface area contributed by atoms with Gasteiger partial charge in [0.1, 0.15) is 13.2 Å². The molecule has 7 heteroatoms. The number of cyclic esters (lactones) is 2. The van der Waals surface area contributed by atoms with Gasteiger partial charge in [-0.3, -0.25) is 4.99 Å². The lowest BCUT2D eigenvalue weighted by atomic mass is 10.4. The van der Waals surface area contributed by atoms with Gasteiger partial charge in [-0.15, -0.1) is 0 Å². The summed E-state index contributed by atoms with van der Waals surface area (Å²) in [5.41, 5.74) is 0. The van der Waals surface area contributed by atoms with Crippen LogP contribution in [0.2, 0.25) is 0 Å². The highest BCUT2D eigenvalue weighted by Gasteiger charge is 2.25. The van der Waals surface area contributed by atoms with Gasteiger partial charge in [0.15, 0.2) is 6.10 Å². The summed E-state index contributed by atoms with van der Waals surface area (Å²) < 4.78 is 14.0. The maximum absolute atomic E-state index is 11.3. The van der Waals surface area contributed by atoms with E-state index in [9.17, 15) is 9.59 Å². The molecule has 1 saturated heterocycles. The van der Waals surface area contributed by atoms with Crippen LogP contribution in [0.3, 0.4) is 0 Å². The van der Waals surface area contributed by atoms with E-state index in [1.54, 1.807) is 7.05 Å². The lowest BCUT2D eigenvalue weighted by Crippen LogP contribution is -2.39. The lowest BCUT2D eigenvalue weighted by Gasteiger charge is -2.21. The Morgan fingerprint density at radius 1 is 1.53 bits per heavy atom. The van der Waals surface area contributed by atoms with Crippen LogP contribution >= 0.6 is 0 Å². The maximum atomic E-state index is 11.3. The molecule has 0 bridgehead atoms. The molecule has 1 aliphatic heterocycles. The van der Waals surface area contributed by atoms with Gasteiger partial charge >= 0.3 is 12.1 Å². The zero-order chi connectivity index (χ0) is 11.3. The highest BCUT2D eigenvalue weighted by Crippen LogP contribution is 2.04. The van der Waals surface area contributed by atoms with E-state index in [0.29, 0.717) is 0 Å². The molecule has 0 aromatic heterocycles. The molecule has 0 saturated carbocycles. The number of aliphatic imine (C=N–C) groups is 1. The molecule has 15 heavy (non-hydrogen) atoms. The average Bonchev–Trinajstić information content (AvgIpc) is 2.23. The van der Waals surface area contributed by atoms with Crippen LogP contribution in [-0.2, 0) is 19.0 Å². The SMILES string of the molecule is CN=C(NC)C(=O)OC1COC(=O)OC1. The smallest absolute Gasteiger partial charge is 0.449 e. The van der Waals surface area contributed by atoms with Crippen LogP contribution < -0.4 is 5.32 Å². The summed E-state index contributed by atoms with van der Waals surface area (Å²) in [6.07, 6.45) is -1.33. The molecule has 1 heterocycles. The van der Waals surface area contributed by atoms with Gasteiger partial charge in [-0.25, -0.2) is 9.59 Å². The van der Waals surface area contributed by atoms with Crippen molar-refractivity contribution in [1.82, 2.24) is 5.32 Å². The first-order valence-electron chi connectivity index (χ1n) is 4.32. The van der Waals surface area contributed by atoms with Gasteiger partial charge in [0.05, 0.1) is 0 Å². The fourth-order valence-corrected chi connectivity index (χ4v) is 0.992. The van der Waals surface area contributed by atoms with Crippen molar-refractivity contribution in [2.24, 2.45) is 4.99 Å². The Hall–Kier alpha value is -1.79. The number of carbonyl (C=O) groups is 2. The Bertz CT molecular complexity index is 279. The minimum atomic E-state index is -0.750. The Morgan fingerprint density at radius 3 is 2.60 bits per heavy atom. The van der Waals surface area contributed by atoms with E-state index in [4.69, 9.17) is 4.74 Å². The van der Waals surface area contributed by atoms with Crippen molar-refractivity contribution in [2.75, 3.05) is 27.3 Å². The molecule has 1 fully saturated rings. The fraction of sp³-hybridized carbons (Fsp3) is 0.625. The highest BCUT2D eigenvalue weighted by atomic mass is 16.7. The van der Waals surface area contributed by atoms with E-state index in [0.717, 1.165) is 0 Å². The van der Waals surface area contributed by atoms with Gasteiger partial charge in [-0.05, 0) is 0 Å². The average molecular weight is 216 g/mol. The highest BCUT2D eigenvalue weighted by molar-refractivity contribution is 6.35. The normalized spacial score (nSPS) is 17.7. The van der Waals surface area contributed by atoms with Gasteiger partial charge < -0.3 is 19.5 Å². The number of esters is 1. The summed E-state index contributed by atoms with van der Waals surface area (Å²) in [4.78, 5) is 25.5. The van der Waals surface area contributed by atoms with E-state index in [2.05, 4.69) is 19.8 Å². The van der Waals surface area contributed by atoms with Crippen molar-refractivity contribution in [2.45, 2.75) is 6.10 Å². The summed E-state index contributed by atoms with van der Waals surface area (Å²) in [7, 11) is 3.02. The number of hydrogen-bond acceptors (Lipinski definition) is 6. The van der Waals surface area contributed by atoms with Crippen LogP contribution in [-0.4, -0.2) is 51.4 Å². The summed E-state index contributed by atoms with van der Waals surface area (Å²) in [6.45, 7) is 0.0105. The Labute approximate surface area is 86.4 Å². The fourth-order valence-electron chi connectivity index (χ4n) is 0.992. The molecule has 0 aliphatic carbocycles. The van der Waals surface area contributed by atoms with Crippen molar-refractivity contribution in [3.8, 4) is 0 Å². The Morgan fingerprint density at radius 2 is 2.13 bits per heavy atom. The molecule has 0 aromatic carbocycles. The quantitative estimate of drug-likeness (QED) is 0.355. The first-order valence-corrected chi connectivity index (χ1v) is 4.32. The number of likely N-dealkylation sites (N-methyl/N-ethyl adjacent to an activating group) is 1. The first kappa shape index (κ1) is 11.3. The minimum Gasteiger partial charge on any atom is -0.449 e. The molecule has 0 aromatic rings. The molecule has 0 unspecified atom stereocenters. The first-order chi connectivity index (χ1) is 7.17. The number of rotatable bonds is 1.